The molecule has 0 aliphatic rings. The number of carbonyl (C=O) groups is 1. The lowest BCUT2D eigenvalue weighted by molar-refractivity contribution is -0.123. The van der Waals surface area contributed by atoms with Crippen LogP contribution in [0.15, 0.2) is 24.3 Å². The Balaban J connectivity index is 2.26. The second-order valence-corrected chi connectivity index (χ2v) is 3.74. The summed E-state index contributed by atoms with van der Waals surface area (Å²) in [5.74, 6) is -0.00337. The molecule has 5 nitrogen and oxygen atoms in total. The van der Waals surface area contributed by atoms with Crippen LogP contribution in [0.2, 0.25) is 0 Å². The molecule has 17 heavy (non-hydrogen) atoms. The van der Waals surface area contributed by atoms with Gasteiger partial charge in [-0.05, 0) is 25.5 Å². The van der Waals surface area contributed by atoms with Crippen molar-refractivity contribution < 1.29 is 19.7 Å². The number of aliphatic hydroxyl groups excluding tert-OH is 1. The Morgan fingerprint density at radius 1 is 1.47 bits per heavy atom. The lowest BCUT2D eigenvalue weighted by atomic mass is 10.3. The number of ether oxygens (including phenoxy) is 1. The Labute approximate surface area is 100 Å². The minimum Gasteiger partial charge on any atom is -0.504 e. The summed E-state index contributed by atoms with van der Waals surface area (Å²) in [6.45, 7) is 1.91. The summed E-state index contributed by atoms with van der Waals surface area (Å²) >= 11 is 0. The second-order valence-electron chi connectivity index (χ2n) is 3.74. The number of phenolic OH excluding ortho intramolecular Hbond substituents is 1. The number of nitrogens with one attached hydrogen (secondary N) is 1. The molecule has 1 unspecified atom stereocenters. The third kappa shape index (κ3) is 5.21. The molecular formula is C12H17NO4. The van der Waals surface area contributed by atoms with Crippen LogP contribution in [0.25, 0.3) is 0 Å². The molecule has 0 aromatic heterocycles. The summed E-state index contributed by atoms with van der Waals surface area (Å²) in [7, 11) is 0. The SMILES string of the molecule is CC(O)CCNC(=O)COc1ccccc1O. The van der Waals surface area contributed by atoms with Crippen molar-refractivity contribution in [3.8, 4) is 11.5 Å². The van der Waals surface area contributed by atoms with Gasteiger partial charge in [0.2, 0.25) is 0 Å². The zero-order chi connectivity index (χ0) is 12.7. The first-order valence-electron chi connectivity index (χ1n) is 5.45. The summed E-state index contributed by atoms with van der Waals surface area (Å²) in [6.07, 6.45) is 0.0666. The smallest absolute Gasteiger partial charge is 0.257 e. The van der Waals surface area contributed by atoms with Gasteiger partial charge in [0.1, 0.15) is 0 Å². The Kier molecular flexibility index (Phi) is 5.29. The van der Waals surface area contributed by atoms with Gasteiger partial charge in [0, 0.05) is 6.54 Å². The third-order valence-electron chi connectivity index (χ3n) is 2.11. The molecule has 1 atom stereocenters. The van der Waals surface area contributed by atoms with Gasteiger partial charge in [-0.1, -0.05) is 12.1 Å². The second kappa shape index (κ2) is 6.75. The van der Waals surface area contributed by atoms with Gasteiger partial charge < -0.3 is 20.3 Å². The van der Waals surface area contributed by atoms with Crippen molar-refractivity contribution in [3.05, 3.63) is 24.3 Å². The Morgan fingerprint density at radius 2 is 2.18 bits per heavy atom. The lowest BCUT2D eigenvalue weighted by Gasteiger charge is -2.09. The molecule has 5 heteroatoms. The van der Waals surface area contributed by atoms with E-state index in [0.29, 0.717) is 13.0 Å². The highest BCUT2D eigenvalue weighted by Gasteiger charge is 2.05. The van der Waals surface area contributed by atoms with E-state index in [4.69, 9.17) is 9.84 Å². The number of hydrogen-bond donors (Lipinski definition) is 3. The van der Waals surface area contributed by atoms with E-state index in [2.05, 4.69) is 5.32 Å². The van der Waals surface area contributed by atoms with Gasteiger partial charge in [0.05, 0.1) is 6.10 Å². The normalized spacial score (nSPS) is 11.9. The first kappa shape index (κ1) is 13.3. The van der Waals surface area contributed by atoms with E-state index in [1.807, 2.05) is 0 Å². The quantitative estimate of drug-likeness (QED) is 0.681. The first-order chi connectivity index (χ1) is 8.09. The zero-order valence-electron chi connectivity index (χ0n) is 9.72. The fraction of sp³-hybridized carbons (Fsp3) is 0.417. The fourth-order valence-electron chi connectivity index (χ4n) is 1.19. The summed E-state index contributed by atoms with van der Waals surface area (Å²) in [6, 6.07) is 6.45. The molecule has 0 bridgehead atoms. The minimum absolute atomic E-state index is 0.00396. The van der Waals surface area contributed by atoms with Gasteiger partial charge in [-0.25, -0.2) is 0 Å². The van der Waals surface area contributed by atoms with Gasteiger partial charge in [0.15, 0.2) is 18.1 Å². The van der Waals surface area contributed by atoms with E-state index in [1.165, 1.54) is 6.07 Å². The predicted octanol–water partition coefficient (Wildman–Crippen LogP) is 0.658. The molecule has 1 aromatic rings. The van der Waals surface area contributed by atoms with Crippen LogP contribution in [0.1, 0.15) is 13.3 Å². The minimum atomic E-state index is -0.436. The van der Waals surface area contributed by atoms with Gasteiger partial charge >= 0.3 is 0 Å². The molecule has 1 aromatic carbocycles. The number of amides is 1. The van der Waals surface area contributed by atoms with Crippen molar-refractivity contribution >= 4 is 5.91 Å². The summed E-state index contributed by atoms with van der Waals surface area (Å²) in [4.78, 5) is 11.3. The maximum atomic E-state index is 11.3. The topological polar surface area (TPSA) is 78.8 Å². The molecule has 1 rings (SSSR count). The van der Waals surface area contributed by atoms with Crippen LogP contribution < -0.4 is 10.1 Å². The molecule has 0 spiro atoms. The number of carbonyl (C=O) groups excluding carboxylic acids is 1. The van der Waals surface area contributed by atoms with Crippen molar-refractivity contribution in [3.63, 3.8) is 0 Å². The Morgan fingerprint density at radius 3 is 2.82 bits per heavy atom. The Hall–Kier alpha value is -1.75. The molecule has 0 saturated heterocycles. The van der Waals surface area contributed by atoms with E-state index >= 15 is 0 Å². The van der Waals surface area contributed by atoms with E-state index in [-0.39, 0.29) is 24.0 Å². The largest absolute Gasteiger partial charge is 0.504 e. The van der Waals surface area contributed by atoms with Crippen LogP contribution in [0.5, 0.6) is 11.5 Å². The number of phenols is 1. The van der Waals surface area contributed by atoms with Gasteiger partial charge in [0.25, 0.3) is 5.91 Å². The molecule has 94 valence electrons. The Bertz CT molecular complexity index is 365. The van der Waals surface area contributed by atoms with Crippen LogP contribution in [0.4, 0.5) is 0 Å². The molecule has 0 radical (unpaired) electrons. The molecule has 3 N–H and O–H groups in total. The monoisotopic (exact) mass is 239 g/mol. The highest BCUT2D eigenvalue weighted by molar-refractivity contribution is 5.77. The van der Waals surface area contributed by atoms with Crippen LogP contribution >= 0.6 is 0 Å². The van der Waals surface area contributed by atoms with Crippen molar-refractivity contribution in [1.82, 2.24) is 5.32 Å². The number of rotatable bonds is 6. The van der Waals surface area contributed by atoms with Crippen molar-refractivity contribution in [1.29, 1.82) is 0 Å². The number of para-hydroxylation sites is 2. The standard InChI is InChI=1S/C12H17NO4/c1-9(14)6-7-13-12(16)8-17-11-5-3-2-4-10(11)15/h2-5,9,14-15H,6-8H2,1H3,(H,13,16). The molecule has 0 fully saturated rings. The number of hydrogen-bond acceptors (Lipinski definition) is 4. The van der Waals surface area contributed by atoms with Gasteiger partial charge in [-0.3, -0.25) is 4.79 Å². The zero-order valence-corrected chi connectivity index (χ0v) is 9.72. The summed E-state index contributed by atoms with van der Waals surface area (Å²) < 4.78 is 5.13. The maximum absolute atomic E-state index is 11.3. The summed E-state index contributed by atoms with van der Waals surface area (Å²) in [5.41, 5.74) is 0. The number of aromatic hydroxyl groups is 1. The molecule has 0 saturated carbocycles. The molecule has 1 amide bonds. The van der Waals surface area contributed by atoms with Crippen LogP contribution in [0.3, 0.4) is 0 Å². The van der Waals surface area contributed by atoms with Gasteiger partial charge in [-0.2, -0.15) is 0 Å². The molecule has 0 aliphatic heterocycles. The average molecular weight is 239 g/mol. The third-order valence-corrected chi connectivity index (χ3v) is 2.11. The lowest BCUT2D eigenvalue weighted by Crippen LogP contribution is -2.31. The van der Waals surface area contributed by atoms with Crippen molar-refractivity contribution in [2.75, 3.05) is 13.2 Å². The fourth-order valence-corrected chi connectivity index (χ4v) is 1.19. The van der Waals surface area contributed by atoms with Crippen LogP contribution in [-0.4, -0.2) is 35.4 Å². The van der Waals surface area contributed by atoms with Crippen LogP contribution in [0, 0.1) is 0 Å². The summed E-state index contributed by atoms with van der Waals surface area (Å²) in [5, 5.41) is 21.0. The highest BCUT2D eigenvalue weighted by Crippen LogP contribution is 2.23. The molecular weight excluding hydrogens is 222 g/mol. The average Bonchev–Trinajstić information content (AvgIpc) is 2.27. The van der Waals surface area contributed by atoms with Crippen LogP contribution in [-0.2, 0) is 4.79 Å². The highest BCUT2D eigenvalue weighted by atomic mass is 16.5. The van der Waals surface area contributed by atoms with Gasteiger partial charge in [-0.15, -0.1) is 0 Å². The van der Waals surface area contributed by atoms with E-state index < -0.39 is 6.10 Å². The molecule has 0 aliphatic carbocycles. The van der Waals surface area contributed by atoms with E-state index in [1.54, 1.807) is 25.1 Å². The number of benzene rings is 1. The predicted molar refractivity (Wildman–Crippen MR) is 62.9 cm³/mol. The van der Waals surface area contributed by atoms with E-state index in [0.717, 1.165) is 0 Å². The number of aliphatic hydroxyl groups is 1. The first-order valence-corrected chi connectivity index (χ1v) is 5.45. The van der Waals surface area contributed by atoms with Crippen molar-refractivity contribution in [2.24, 2.45) is 0 Å². The van der Waals surface area contributed by atoms with Crippen molar-refractivity contribution in [2.45, 2.75) is 19.4 Å². The molecule has 0 heterocycles. The maximum Gasteiger partial charge on any atom is 0.257 e. The van der Waals surface area contributed by atoms with E-state index in [9.17, 15) is 9.90 Å².